The van der Waals surface area contributed by atoms with Crippen LogP contribution in [0.5, 0.6) is 0 Å². The van der Waals surface area contributed by atoms with Gasteiger partial charge in [0.15, 0.2) is 0 Å². The SMILES string of the molecule is COCCNC(=O)c1sc2ccccc2c1C1CCN(Cc2cnc(C(C)C)nc2)C1. The van der Waals surface area contributed by atoms with Crippen LogP contribution in [0.25, 0.3) is 10.1 Å². The van der Waals surface area contributed by atoms with E-state index in [1.165, 1.54) is 15.6 Å². The number of aromatic nitrogens is 2. The van der Waals surface area contributed by atoms with Crippen molar-refractivity contribution >= 4 is 27.3 Å². The highest BCUT2D eigenvalue weighted by Crippen LogP contribution is 2.40. The molecule has 1 saturated heterocycles. The van der Waals surface area contributed by atoms with E-state index in [9.17, 15) is 4.79 Å². The summed E-state index contributed by atoms with van der Waals surface area (Å²) in [6.07, 6.45) is 4.94. The number of ether oxygens (including phenoxy) is 1. The fourth-order valence-corrected chi connectivity index (χ4v) is 5.41. The van der Waals surface area contributed by atoms with E-state index in [4.69, 9.17) is 4.74 Å². The molecule has 2 aromatic heterocycles. The number of nitrogens with zero attached hydrogens (tertiary/aromatic N) is 3. The lowest BCUT2D eigenvalue weighted by Gasteiger charge is -2.17. The molecule has 1 aliphatic rings. The van der Waals surface area contributed by atoms with Crippen molar-refractivity contribution in [3.63, 3.8) is 0 Å². The fraction of sp³-hybridized carbons (Fsp3) is 0.458. The molecule has 0 aliphatic carbocycles. The summed E-state index contributed by atoms with van der Waals surface area (Å²) in [5.41, 5.74) is 2.34. The Morgan fingerprint density at radius 2 is 2.06 bits per heavy atom. The molecule has 1 atom stereocenters. The van der Waals surface area contributed by atoms with Gasteiger partial charge in [-0.1, -0.05) is 32.0 Å². The standard InChI is InChI=1S/C24H30N4O2S/c1-16(2)23-26-12-17(13-27-23)14-28-10-8-18(15-28)21-19-6-4-5-7-20(19)31-22(21)24(29)25-9-11-30-3/h4-7,12-13,16,18H,8-11,14-15H2,1-3H3,(H,25,29). The summed E-state index contributed by atoms with van der Waals surface area (Å²) >= 11 is 1.59. The molecule has 7 heteroatoms. The first-order valence-corrected chi connectivity index (χ1v) is 11.7. The maximum atomic E-state index is 12.9. The Morgan fingerprint density at radius 1 is 1.29 bits per heavy atom. The van der Waals surface area contributed by atoms with Crippen molar-refractivity contribution < 1.29 is 9.53 Å². The van der Waals surface area contributed by atoms with Gasteiger partial charge in [0.2, 0.25) is 0 Å². The number of carbonyl (C=O) groups excluding carboxylic acids is 1. The molecule has 1 unspecified atom stereocenters. The van der Waals surface area contributed by atoms with Crippen LogP contribution in [0.1, 0.15) is 58.7 Å². The van der Waals surface area contributed by atoms with Gasteiger partial charge in [0, 0.05) is 61.2 Å². The molecule has 0 bridgehead atoms. The zero-order valence-electron chi connectivity index (χ0n) is 18.4. The molecule has 3 heterocycles. The van der Waals surface area contributed by atoms with Crippen molar-refractivity contribution in [1.29, 1.82) is 0 Å². The van der Waals surface area contributed by atoms with Gasteiger partial charge in [-0.25, -0.2) is 9.97 Å². The van der Waals surface area contributed by atoms with Crippen LogP contribution in [0.2, 0.25) is 0 Å². The van der Waals surface area contributed by atoms with Crippen LogP contribution < -0.4 is 5.32 Å². The molecule has 1 aliphatic heterocycles. The van der Waals surface area contributed by atoms with E-state index in [2.05, 4.69) is 52.2 Å². The Hall–Kier alpha value is -2.35. The smallest absolute Gasteiger partial charge is 0.261 e. The summed E-state index contributed by atoms with van der Waals surface area (Å²) in [6, 6.07) is 8.35. The first-order valence-electron chi connectivity index (χ1n) is 10.9. The second-order valence-corrected chi connectivity index (χ2v) is 9.47. The predicted octanol–water partition coefficient (Wildman–Crippen LogP) is 4.18. The quantitative estimate of drug-likeness (QED) is 0.535. The van der Waals surface area contributed by atoms with E-state index in [1.54, 1.807) is 18.4 Å². The van der Waals surface area contributed by atoms with Gasteiger partial charge in [0.05, 0.1) is 11.5 Å². The number of likely N-dealkylation sites (tertiary alicyclic amines) is 1. The molecule has 1 fully saturated rings. The summed E-state index contributed by atoms with van der Waals surface area (Å²) in [4.78, 5) is 25.2. The number of amides is 1. The van der Waals surface area contributed by atoms with Crippen molar-refractivity contribution in [2.24, 2.45) is 0 Å². The lowest BCUT2D eigenvalue weighted by atomic mass is 9.95. The molecule has 3 aromatic rings. The highest BCUT2D eigenvalue weighted by atomic mass is 32.1. The van der Waals surface area contributed by atoms with E-state index in [1.807, 2.05) is 18.5 Å². The molecule has 0 spiro atoms. The molecular weight excluding hydrogens is 408 g/mol. The van der Waals surface area contributed by atoms with E-state index in [-0.39, 0.29) is 5.91 Å². The second kappa shape index (κ2) is 9.85. The first kappa shape index (κ1) is 21.9. The number of fused-ring (bicyclic) bond motifs is 1. The number of thiophene rings is 1. The second-order valence-electron chi connectivity index (χ2n) is 8.41. The summed E-state index contributed by atoms with van der Waals surface area (Å²) < 4.78 is 6.25. The van der Waals surface area contributed by atoms with Crippen LogP contribution in [-0.4, -0.2) is 54.1 Å². The van der Waals surface area contributed by atoms with E-state index in [0.29, 0.717) is 25.0 Å². The van der Waals surface area contributed by atoms with Gasteiger partial charge < -0.3 is 10.1 Å². The lowest BCUT2D eigenvalue weighted by molar-refractivity contribution is 0.0940. The van der Waals surface area contributed by atoms with Gasteiger partial charge in [-0.2, -0.15) is 0 Å². The number of benzene rings is 1. The lowest BCUT2D eigenvalue weighted by Crippen LogP contribution is -2.27. The van der Waals surface area contributed by atoms with Crippen LogP contribution >= 0.6 is 11.3 Å². The number of carbonyl (C=O) groups is 1. The average molecular weight is 439 g/mol. The highest BCUT2D eigenvalue weighted by Gasteiger charge is 2.30. The third kappa shape index (κ3) is 4.95. The Kier molecular flexibility index (Phi) is 6.95. The Bertz CT molecular complexity index is 1030. The number of hydrogen-bond donors (Lipinski definition) is 1. The summed E-state index contributed by atoms with van der Waals surface area (Å²) in [6.45, 7) is 8.03. The van der Waals surface area contributed by atoms with Crippen molar-refractivity contribution in [1.82, 2.24) is 20.2 Å². The first-order chi connectivity index (χ1) is 15.1. The van der Waals surface area contributed by atoms with E-state index < -0.39 is 0 Å². The van der Waals surface area contributed by atoms with E-state index in [0.717, 1.165) is 42.3 Å². The molecule has 164 valence electrons. The van der Waals surface area contributed by atoms with Gasteiger partial charge in [0.25, 0.3) is 5.91 Å². The predicted molar refractivity (Wildman–Crippen MR) is 125 cm³/mol. The molecule has 4 rings (SSSR count). The third-order valence-corrected chi connectivity index (χ3v) is 6.95. The van der Waals surface area contributed by atoms with Gasteiger partial charge in [-0.3, -0.25) is 9.69 Å². The summed E-state index contributed by atoms with van der Waals surface area (Å²) in [7, 11) is 1.64. The number of nitrogens with one attached hydrogen (secondary N) is 1. The van der Waals surface area contributed by atoms with Crippen LogP contribution in [-0.2, 0) is 11.3 Å². The monoisotopic (exact) mass is 438 g/mol. The Balaban J connectivity index is 1.52. The Labute approximate surface area is 187 Å². The minimum Gasteiger partial charge on any atom is -0.383 e. The number of methoxy groups -OCH3 is 1. The van der Waals surface area contributed by atoms with Crippen LogP contribution in [0, 0.1) is 0 Å². The topological polar surface area (TPSA) is 67.3 Å². The van der Waals surface area contributed by atoms with Crippen LogP contribution in [0.15, 0.2) is 36.7 Å². The zero-order chi connectivity index (χ0) is 21.8. The largest absolute Gasteiger partial charge is 0.383 e. The highest BCUT2D eigenvalue weighted by molar-refractivity contribution is 7.21. The normalized spacial score (nSPS) is 17.0. The van der Waals surface area contributed by atoms with E-state index >= 15 is 0 Å². The van der Waals surface area contributed by atoms with Gasteiger partial charge in [-0.05, 0) is 30.0 Å². The number of hydrogen-bond acceptors (Lipinski definition) is 6. The van der Waals surface area contributed by atoms with Crippen LogP contribution in [0.4, 0.5) is 0 Å². The molecule has 6 nitrogen and oxygen atoms in total. The van der Waals surface area contributed by atoms with Gasteiger partial charge in [-0.15, -0.1) is 11.3 Å². The maximum Gasteiger partial charge on any atom is 0.261 e. The van der Waals surface area contributed by atoms with Crippen molar-refractivity contribution in [2.75, 3.05) is 33.4 Å². The summed E-state index contributed by atoms with van der Waals surface area (Å²) in [5, 5.41) is 4.22. The fourth-order valence-electron chi connectivity index (χ4n) is 4.20. The zero-order valence-corrected chi connectivity index (χ0v) is 19.2. The average Bonchev–Trinajstić information content (AvgIpc) is 3.38. The molecule has 1 N–H and O–H groups in total. The van der Waals surface area contributed by atoms with Gasteiger partial charge in [0.1, 0.15) is 5.82 Å². The van der Waals surface area contributed by atoms with Crippen molar-refractivity contribution in [3.05, 3.63) is 58.5 Å². The Morgan fingerprint density at radius 3 is 2.81 bits per heavy atom. The van der Waals surface area contributed by atoms with Crippen molar-refractivity contribution in [3.8, 4) is 0 Å². The molecule has 1 amide bonds. The molecule has 0 radical (unpaired) electrons. The molecule has 31 heavy (non-hydrogen) atoms. The molecule has 0 saturated carbocycles. The third-order valence-electron chi connectivity index (χ3n) is 5.76. The van der Waals surface area contributed by atoms with Gasteiger partial charge >= 0.3 is 0 Å². The minimum absolute atomic E-state index is 0.00405. The van der Waals surface area contributed by atoms with Crippen molar-refractivity contribution in [2.45, 2.75) is 38.6 Å². The maximum absolute atomic E-state index is 12.9. The van der Waals surface area contributed by atoms with Crippen LogP contribution in [0.3, 0.4) is 0 Å². The minimum atomic E-state index is 0.00405. The molecular formula is C24H30N4O2S. The summed E-state index contributed by atoms with van der Waals surface area (Å²) in [5.74, 6) is 1.57. The molecule has 1 aromatic carbocycles. The number of rotatable bonds is 8.